The molecule has 2 amide bonds. The Balaban J connectivity index is 1.84. The first kappa shape index (κ1) is 16.0. The predicted octanol–water partition coefficient (Wildman–Crippen LogP) is 2.92. The summed E-state index contributed by atoms with van der Waals surface area (Å²) in [6, 6.07) is 8.09. The van der Waals surface area contributed by atoms with Crippen LogP contribution in [-0.4, -0.2) is 41.8 Å². The summed E-state index contributed by atoms with van der Waals surface area (Å²) in [7, 11) is 1.82. The number of aryl methyl sites for hydroxylation is 1. The van der Waals surface area contributed by atoms with Crippen molar-refractivity contribution in [1.82, 2.24) is 9.80 Å². The van der Waals surface area contributed by atoms with Crippen molar-refractivity contribution in [2.24, 2.45) is 5.92 Å². The summed E-state index contributed by atoms with van der Waals surface area (Å²) in [5, 5.41) is 0. The molecule has 0 saturated carbocycles. The molecule has 0 unspecified atom stereocenters. The molecule has 2 saturated heterocycles. The molecule has 2 atom stereocenters. The third-order valence-electron chi connectivity index (χ3n) is 5.24. The Kier molecular flexibility index (Phi) is 4.69. The fraction of sp³-hybridized carbons (Fsp3) is 0.579. The summed E-state index contributed by atoms with van der Waals surface area (Å²) < 4.78 is 0. The van der Waals surface area contributed by atoms with Crippen LogP contribution in [0.25, 0.3) is 0 Å². The molecule has 1 aromatic carbocycles. The van der Waals surface area contributed by atoms with Crippen molar-refractivity contribution in [3.05, 3.63) is 35.4 Å². The third-order valence-corrected chi connectivity index (χ3v) is 5.24. The maximum atomic E-state index is 13.0. The van der Waals surface area contributed by atoms with Gasteiger partial charge in [-0.05, 0) is 25.3 Å². The molecule has 124 valence electrons. The average Bonchev–Trinajstić information content (AvgIpc) is 2.75. The molecule has 0 spiro atoms. The molecule has 0 radical (unpaired) electrons. The molecule has 2 fully saturated rings. The molecule has 0 aliphatic carbocycles. The van der Waals surface area contributed by atoms with Gasteiger partial charge in [0, 0.05) is 26.6 Å². The average molecular weight is 314 g/mol. The van der Waals surface area contributed by atoms with Crippen LogP contribution >= 0.6 is 0 Å². The van der Waals surface area contributed by atoms with E-state index in [4.69, 9.17) is 0 Å². The Bertz CT molecular complexity index is 574. The quantitative estimate of drug-likeness (QED) is 0.842. The molecule has 0 N–H and O–H groups in total. The fourth-order valence-corrected chi connectivity index (χ4v) is 3.84. The van der Waals surface area contributed by atoms with E-state index >= 15 is 0 Å². The van der Waals surface area contributed by atoms with Gasteiger partial charge in [-0.15, -0.1) is 0 Å². The lowest BCUT2D eigenvalue weighted by Gasteiger charge is -2.29. The normalized spacial score (nSPS) is 25.6. The zero-order chi connectivity index (χ0) is 16.4. The zero-order valence-electron chi connectivity index (χ0n) is 14.1. The van der Waals surface area contributed by atoms with Gasteiger partial charge < -0.3 is 9.80 Å². The van der Waals surface area contributed by atoms with Gasteiger partial charge in [0.1, 0.15) is 0 Å². The van der Waals surface area contributed by atoms with Crippen LogP contribution in [0.3, 0.4) is 0 Å². The van der Waals surface area contributed by atoms with E-state index in [0.717, 1.165) is 31.5 Å². The highest BCUT2D eigenvalue weighted by atomic mass is 16.2. The first-order valence-corrected chi connectivity index (χ1v) is 8.69. The number of benzene rings is 1. The number of nitrogens with zero attached hydrogens (tertiary/aromatic N) is 2. The maximum absolute atomic E-state index is 13.0. The Morgan fingerprint density at radius 3 is 2.26 bits per heavy atom. The molecule has 0 aromatic heterocycles. The number of hydrogen-bond donors (Lipinski definition) is 0. The largest absolute Gasteiger partial charge is 0.342 e. The fourth-order valence-electron chi connectivity index (χ4n) is 3.84. The predicted molar refractivity (Wildman–Crippen MR) is 89.8 cm³/mol. The van der Waals surface area contributed by atoms with Gasteiger partial charge in [0.25, 0.3) is 0 Å². The van der Waals surface area contributed by atoms with Crippen LogP contribution in [-0.2, 0) is 9.59 Å². The van der Waals surface area contributed by atoms with Gasteiger partial charge >= 0.3 is 0 Å². The van der Waals surface area contributed by atoms with Crippen molar-refractivity contribution in [3.63, 3.8) is 0 Å². The smallest absolute Gasteiger partial charge is 0.228 e. The Morgan fingerprint density at radius 1 is 1.04 bits per heavy atom. The molecule has 4 heteroatoms. The minimum atomic E-state index is -0.242. The second kappa shape index (κ2) is 6.73. The van der Waals surface area contributed by atoms with Crippen LogP contribution in [0.5, 0.6) is 0 Å². The van der Waals surface area contributed by atoms with Crippen LogP contribution in [0, 0.1) is 12.8 Å². The van der Waals surface area contributed by atoms with E-state index in [2.05, 4.69) is 24.3 Å². The van der Waals surface area contributed by atoms with Gasteiger partial charge in [-0.2, -0.15) is 0 Å². The topological polar surface area (TPSA) is 40.6 Å². The zero-order valence-corrected chi connectivity index (χ0v) is 14.1. The molecule has 3 rings (SSSR count). The molecule has 2 aliphatic rings. The number of rotatable bonds is 2. The molecule has 1 aromatic rings. The first-order valence-electron chi connectivity index (χ1n) is 8.69. The van der Waals surface area contributed by atoms with Gasteiger partial charge in [0.2, 0.25) is 11.8 Å². The lowest BCUT2D eigenvalue weighted by Crippen LogP contribution is -2.39. The number of carbonyl (C=O) groups is 2. The van der Waals surface area contributed by atoms with E-state index in [9.17, 15) is 9.59 Å². The number of amides is 2. The van der Waals surface area contributed by atoms with Crippen LogP contribution in [0.4, 0.5) is 0 Å². The van der Waals surface area contributed by atoms with E-state index in [-0.39, 0.29) is 23.8 Å². The van der Waals surface area contributed by atoms with Crippen LogP contribution < -0.4 is 0 Å². The van der Waals surface area contributed by atoms with E-state index < -0.39 is 0 Å². The van der Waals surface area contributed by atoms with Crippen molar-refractivity contribution in [1.29, 1.82) is 0 Å². The molecular weight excluding hydrogens is 288 g/mol. The first-order chi connectivity index (χ1) is 11.1. The highest BCUT2D eigenvalue weighted by Crippen LogP contribution is 2.38. The van der Waals surface area contributed by atoms with Crippen molar-refractivity contribution in [3.8, 4) is 0 Å². The lowest BCUT2D eigenvalue weighted by atomic mass is 9.92. The Hall–Kier alpha value is -1.84. The van der Waals surface area contributed by atoms with E-state index in [1.54, 1.807) is 4.90 Å². The van der Waals surface area contributed by atoms with E-state index in [1.807, 2.05) is 18.9 Å². The highest BCUT2D eigenvalue weighted by molar-refractivity contribution is 5.90. The summed E-state index contributed by atoms with van der Waals surface area (Å²) in [6.07, 6.45) is 4.91. The number of hydrogen-bond acceptors (Lipinski definition) is 2. The van der Waals surface area contributed by atoms with E-state index in [0.29, 0.717) is 6.42 Å². The summed E-state index contributed by atoms with van der Waals surface area (Å²) in [6.45, 7) is 3.73. The van der Waals surface area contributed by atoms with Crippen LogP contribution in [0.2, 0.25) is 0 Å². The SMILES string of the molecule is Cc1ccc([C@@H]2[C@@H](C(=O)N3CCCCCC3)CC(=O)N2C)cc1. The van der Waals surface area contributed by atoms with Crippen LogP contribution in [0.15, 0.2) is 24.3 Å². The maximum Gasteiger partial charge on any atom is 0.228 e. The lowest BCUT2D eigenvalue weighted by molar-refractivity contribution is -0.136. The van der Waals surface area contributed by atoms with Gasteiger partial charge in [-0.1, -0.05) is 42.7 Å². The van der Waals surface area contributed by atoms with Gasteiger partial charge in [-0.25, -0.2) is 0 Å². The molecule has 0 bridgehead atoms. The molecular formula is C19H26N2O2. The highest BCUT2D eigenvalue weighted by Gasteiger charge is 2.44. The number of carbonyl (C=O) groups excluding carboxylic acids is 2. The van der Waals surface area contributed by atoms with Gasteiger partial charge in [0.05, 0.1) is 12.0 Å². The molecule has 4 nitrogen and oxygen atoms in total. The van der Waals surface area contributed by atoms with Gasteiger partial charge in [-0.3, -0.25) is 9.59 Å². The standard InChI is InChI=1S/C19H26N2O2/c1-14-7-9-15(10-8-14)18-16(13-17(22)20(18)2)19(23)21-11-5-3-4-6-12-21/h7-10,16,18H,3-6,11-13H2,1-2H3/t16-,18+/m0/s1. The summed E-state index contributed by atoms with van der Waals surface area (Å²) in [5.41, 5.74) is 2.26. The van der Waals surface area contributed by atoms with E-state index in [1.165, 1.54) is 18.4 Å². The summed E-state index contributed by atoms with van der Waals surface area (Å²) in [5.74, 6) is -0.00720. The van der Waals surface area contributed by atoms with Gasteiger partial charge in [0.15, 0.2) is 0 Å². The van der Waals surface area contributed by atoms with Crippen molar-refractivity contribution < 1.29 is 9.59 Å². The summed E-state index contributed by atoms with van der Waals surface area (Å²) >= 11 is 0. The van der Waals surface area contributed by atoms with Crippen LogP contribution in [0.1, 0.15) is 49.3 Å². The third kappa shape index (κ3) is 3.26. The van der Waals surface area contributed by atoms with Crippen molar-refractivity contribution >= 4 is 11.8 Å². The minimum Gasteiger partial charge on any atom is -0.342 e. The second-order valence-electron chi connectivity index (χ2n) is 6.91. The van der Waals surface area contributed by atoms with Crippen molar-refractivity contribution in [2.75, 3.05) is 20.1 Å². The number of likely N-dealkylation sites (tertiary alicyclic amines) is 2. The molecule has 2 heterocycles. The molecule has 23 heavy (non-hydrogen) atoms. The summed E-state index contributed by atoms with van der Waals surface area (Å²) in [4.78, 5) is 29.0. The monoisotopic (exact) mass is 314 g/mol. The Labute approximate surface area is 138 Å². The van der Waals surface area contributed by atoms with Crippen molar-refractivity contribution in [2.45, 2.75) is 45.1 Å². The second-order valence-corrected chi connectivity index (χ2v) is 6.91. The molecule has 2 aliphatic heterocycles. The minimum absolute atomic E-state index is 0.0729. The Morgan fingerprint density at radius 2 is 1.65 bits per heavy atom.